The maximum absolute atomic E-state index is 12.9. The predicted octanol–water partition coefficient (Wildman–Crippen LogP) is 4.15. The van der Waals surface area contributed by atoms with Gasteiger partial charge in [0.25, 0.3) is 5.91 Å². The summed E-state index contributed by atoms with van der Waals surface area (Å²) < 4.78 is 18.0. The van der Waals surface area contributed by atoms with E-state index in [1.807, 2.05) is 12.1 Å². The summed E-state index contributed by atoms with van der Waals surface area (Å²) in [6, 6.07) is 11.8. The molecule has 2 N–H and O–H groups in total. The Hall–Kier alpha value is -3.46. The van der Waals surface area contributed by atoms with Crippen LogP contribution in [0.15, 0.2) is 30.3 Å². The van der Waals surface area contributed by atoms with Gasteiger partial charge in [0.05, 0.1) is 24.3 Å². The molecule has 1 aliphatic carbocycles. The van der Waals surface area contributed by atoms with Crippen molar-refractivity contribution in [1.29, 1.82) is 5.26 Å². The highest BCUT2D eigenvalue weighted by atomic mass is 28.4. The van der Waals surface area contributed by atoms with Crippen molar-refractivity contribution in [2.45, 2.75) is 76.4 Å². The van der Waals surface area contributed by atoms with Crippen molar-refractivity contribution in [3.05, 3.63) is 47.0 Å². The minimum atomic E-state index is -2.12. The number of nitriles is 1. The maximum Gasteiger partial charge on any atom is 0.415 e. The molecule has 2 amide bonds. The Bertz CT molecular complexity index is 1350. The van der Waals surface area contributed by atoms with Crippen LogP contribution < -0.4 is 20.3 Å². The lowest BCUT2D eigenvalue weighted by Crippen LogP contribution is -2.48. The van der Waals surface area contributed by atoms with Crippen LogP contribution in [0, 0.1) is 11.3 Å². The zero-order chi connectivity index (χ0) is 28.7. The molecule has 2 aliphatic heterocycles. The summed E-state index contributed by atoms with van der Waals surface area (Å²) >= 11 is 0. The lowest BCUT2D eigenvalue weighted by Gasteiger charge is -2.40. The van der Waals surface area contributed by atoms with Gasteiger partial charge in [-0.05, 0) is 60.3 Å². The molecule has 3 unspecified atom stereocenters. The third-order valence-corrected chi connectivity index (χ3v) is 12.9. The van der Waals surface area contributed by atoms with E-state index in [1.54, 1.807) is 12.1 Å². The van der Waals surface area contributed by atoms with Gasteiger partial charge in [0.2, 0.25) is 0 Å². The number of pyridine rings is 1. The molecule has 10 nitrogen and oxygen atoms in total. The number of hydrogen-bond donors (Lipinski definition) is 2. The Morgan fingerprint density at radius 2 is 2.05 bits per heavy atom. The fourth-order valence-corrected chi connectivity index (χ4v) is 6.56. The highest BCUT2D eigenvalue weighted by Crippen LogP contribution is 2.38. The number of nitrogens with one attached hydrogen (secondary N) is 2. The van der Waals surface area contributed by atoms with Gasteiger partial charge in [0, 0.05) is 19.0 Å². The van der Waals surface area contributed by atoms with E-state index in [2.05, 4.69) is 61.6 Å². The number of benzene rings is 1. The standard InChI is InChI=1S/C29H37N5O5Si/c1-29(2,3)40(4,5)39-21(15-31-20-11-18-7-6-8-19(14-30)23(18)12-20)13-22-16-34(28(36)38-22)25-10-9-24-27(32-25)33-26(35)17-37-24/h6-10,20-22,31H,11-13,15-17H2,1-5H3,(H,32,33,35). The van der Waals surface area contributed by atoms with Crippen LogP contribution in [-0.4, -0.2) is 63.2 Å². The van der Waals surface area contributed by atoms with Crippen molar-refractivity contribution in [2.24, 2.45) is 0 Å². The highest BCUT2D eigenvalue weighted by Gasteiger charge is 2.42. The molecule has 0 spiro atoms. The molecule has 1 aromatic carbocycles. The zero-order valence-electron chi connectivity index (χ0n) is 23.7. The Labute approximate surface area is 236 Å². The number of nitrogens with zero attached hydrogens (tertiary/aromatic N) is 3. The molecule has 3 aliphatic rings. The predicted molar refractivity (Wildman–Crippen MR) is 153 cm³/mol. The molecule has 1 saturated heterocycles. The molecule has 212 valence electrons. The van der Waals surface area contributed by atoms with Gasteiger partial charge in [0.15, 0.2) is 26.5 Å². The second-order valence-electron chi connectivity index (χ2n) is 12.3. The number of rotatable bonds is 8. The molecule has 5 rings (SSSR count). The van der Waals surface area contributed by atoms with Crippen LogP contribution in [0.2, 0.25) is 18.1 Å². The summed E-state index contributed by atoms with van der Waals surface area (Å²) in [4.78, 5) is 30.5. The average molecular weight is 564 g/mol. The van der Waals surface area contributed by atoms with Crippen molar-refractivity contribution in [2.75, 3.05) is 29.9 Å². The minimum absolute atomic E-state index is 0.0223. The number of fused-ring (bicyclic) bond motifs is 2. The van der Waals surface area contributed by atoms with Crippen LogP contribution in [0.25, 0.3) is 0 Å². The van der Waals surface area contributed by atoms with E-state index >= 15 is 0 Å². The Morgan fingerprint density at radius 1 is 1.25 bits per heavy atom. The van der Waals surface area contributed by atoms with Crippen LogP contribution in [0.1, 0.15) is 43.9 Å². The summed E-state index contributed by atoms with van der Waals surface area (Å²) in [5, 5.41) is 15.9. The van der Waals surface area contributed by atoms with Crippen molar-refractivity contribution < 1.29 is 23.5 Å². The normalized spacial score (nSPS) is 21.1. The van der Waals surface area contributed by atoms with Crippen molar-refractivity contribution >= 4 is 32.0 Å². The van der Waals surface area contributed by atoms with Crippen LogP contribution in [-0.2, 0) is 26.8 Å². The lowest BCUT2D eigenvalue weighted by molar-refractivity contribution is -0.118. The fourth-order valence-electron chi connectivity index (χ4n) is 5.19. The summed E-state index contributed by atoms with van der Waals surface area (Å²) in [5.41, 5.74) is 3.09. The minimum Gasteiger partial charge on any atom is -0.480 e. The molecule has 1 fully saturated rings. The number of hydrogen-bond acceptors (Lipinski definition) is 8. The van der Waals surface area contributed by atoms with E-state index in [0.717, 1.165) is 24.0 Å². The third-order valence-electron chi connectivity index (χ3n) is 8.35. The van der Waals surface area contributed by atoms with Crippen LogP contribution in [0.5, 0.6) is 5.75 Å². The molecule has 0 bridgehead atoms. The van der Waals surface area contributed by atoms with Crippen LogP contribution in [0.3, 0.4) is 0 Å². The first kappa shape index (κ1) is 28.1. The number of aromatic nitrogens is 1. The number of ether oxygens (including phenoxy) is 2. The number of carbonyl (C=O) groups is 2. The smallest absolute Gasteiger partial charge is 0.415 e. The third kappa shape index (κ3) is 5.84. The summed E-state index contributed by atoms with van der Waals surface area (Å²) in [5.74, 6) is 0.878. The van der Waals surface area contributed by atoms with Gasteiger partial charge in [-0.2, -0.15) is 5.26 Å². The van der Waals surface area contributed by atoms with E-state index in [1.165, 1.54) is 10.5 Å². The zero-order valence-corrected chi connectivity index (χ0v) is 24.7. The summed E-state index contributed by atoms with van der Waals surface area (Å²) in [6.45, 7) is 12.0. The topological polar surface area (TPSA) is 126 Å². The van der Waals surface area contributed by atoms with E-state index in [9.17, 15) is 14.9 Å². The molecule has 1 aromatic heterocycles. The first-order valence-electron chi connectivity index (χ1n) is 13.8. The molecular formula is C29H37N5O5Si. The van der Waals surface area contributed by atoms with E-state index in [4.69, 9.17) is 13.9 Å². The van der Waals surface area contributed by atoms with E-state index in [-0.39, 0.29) is 35.8 Å². The molecule has 3 heterocycles. The Morgan fingerprint density at radius 3 is 2.80 bits per heavy atom. The molecule has 0 radical (unpaired) electrons. The molecule has 11 heteroatoms. The quantitative estimate of drug-likeness (QED) is 0.459. The van der Waals surface area contributed by atoms with Gasteiger partial charge in [0.1, 0.15) is 11.9 Å². The van der Waals surface area contributed by atoms with Crippen LogP contribution >= 0.6 is 0 Å². The first-order chi connectivity index (χ1) is 18.9. The fraction of sp³-hybridized carbons (Fsp3) is 0.517. The van der Waals surface area contributed by atoms with Gasteiger partial charge < -0.3 is 24.5 Å². The highest BCUT2D eigenvalue weighted by molar-refractivity contribution is 6.74. The number of cyclic esters (lactones) is 1. The molecule has 0 saturated carbocycles. The second kappa shape index (κ2) is 10.8. The number of amides is 2. The maximum atomic E-state index is 12.9. The van der Waals surface area contributed by atoms with E-state index in [0.29, 0.717) is 36.9 Å². The number of anilines is 2. The molecule has 40 heavy (non-hydrogen) atoms. The van der Waals surface area contributed by atoms with Crippen molar-refractivity contribution in [1.82, 2.24) is 10.3 Å². The van der Waals surface area contributed by atoms with Crippen molar-refractivity contribution in [3.63, 3.8) is 0 Å². The van der Waals surface area contributed by atoms with Gasteiger partial charge in [-0.25, -0.2) is 9.78 Å². The van der Waals surface area contributed by atoms with E-state index < -0.39 is 14.4 Å². The second-order valence-corrected chi connectivity index (χ2v) is 17.0. The monoisotopic (exact) mass is 563 g/mol. The van der Waals surface area contributed by atoms with Gasteiger partial charge in [-0.15, -0.1) is 0 Å². The average Bonchev–Trinajstić information content (AvgIpc) is 3.48. The van der Waals surface area contributed by atoms with Gasteiger partial charge >= 0.3 is 6.09 Å². The molecule has 3 atom stereocenters. The molecular weight excluding hydrogens is 526 g/mol. The number of carbonyl (C=O) groups excluding carboxylic acids is 2. The largest absolute Gasteiger partial charge is 0.480 e. The summed E-state index contributed by atoms with van der Waals surface area (Å²) in [6.07, 6.45) is 1.20. The lowest BCUT2D eigenvalue weighted by atomic mass is 10.0. The van der Waals surface area contributed by atoms with Crippen LogP contribution in [0.4, 0.5) is 16.4 Å². The first-order valence-corrected chi connectivity index (χ1v) is 16.7. The SMILES string of the molecule is CC(C)(C)[Si](C)(C)OC(CNC1Cc2cccc(C#N)c2C1)CC1CN(c2ccc3c(n2)NC(=O)CO3)C(=O)O1. The Kier molecular flexibility index (Phi) is 7.61. The molecule has 2 aromatic rings. The van der Waals surface area contributed by atoms with Crippen molar-refractivity contribution in [3.8, 4) is 11.8 Å². The summed E-state index contributed by atoms with van der Waals surface area (Å²) in [7, 11) is -2.12. The Balaban J connectivity index is 1.27. The van der Waals surface area contributed by atoms with Gasteiger partial charge in [-0.1, -0.05) is 32.9 Å². The van der Waals surface area contributed by atoms with Gasteiger partial charge in [-0.3, -0.25) is 9.69 Å².